The molecule has 0 aliphatic carbocycles. The Balaban J connectivity index is 1.66. The number of carbonyl (C=O) groups excluding carboxylic acids is 1. The van der Waals surface area contributed by atoms with Gasteiger partial charge in [0.25, 0.3) is 0 Å². The number of carbonyl (C=O) groups is 2. The van der Waals surface area contributed by atoms with Gasteiger partial charge in [0.05, 0.1) is 12.6 Å². The smallest absolute Gasteiger partial charge is 0.329 e. The van der Waals surface area contributed by atoms with E-state index in [-0.39, 0.29) is 18.6 Å². The second-order valence-electron chi connectivity index (χ2n) is 5.86. The van der Waals surface area contributed by atoms with Crippen molar-refractivity contribution in [2.75, 3.05) is 59.5 Å². The van der Waals surface area contributed by atoms with Gasteiger partial charge in [-0.3, -0.25) is 9.69 Å². The monoisotopic (exact) mass is 299 g/mol. The Labute approximate surface area is 125 Å². The Bertz CT molecular complexity index is 361. The van der Waals surface area contributed by atoms with Crippen molar-refractivity contribution in [1.82, 2.24) is 14.7 Å². The van der Waals surface area contributed by atoms with Crippen LogP contribution in [0.5, 0.6) is 0 Å². The first-order chi connectivity index (χ1) is 10.0. The molecule has 0 saturated carbocycles. The minimum atomic E-state index is -0.928. The van der Waals surface area contributed by atoms with Crippen LogP contribution >= 0.6 is 0 Å². The van der Waals surface area contributed by atoms with E-state index in [0.29, 0.717) is 6.54 Å². The number of ether oxygens (including phenoxy) is 1. The van der Waals surface area contributed by atoms with E-state index >= 15 is 0 Å². The van der Waals surface area contributed by atoms with Crippen LogP contribution < -0.4 is 0 Å². The number of hydrogen-bond acceptors (Lipinski definition) is 5. The molecule has 1 amide bonds. The molecule has 0 aromatic carbocycles. The van der Waals surface area contributed by atoms with Crippen LogP contribution in [0.3, 0.4) is 0 Å². The van der Waals surface area contributed by atoms with Gasteiger partial charge < -0.3 is 19.6 Å². The molecule has 2 fully saturated rings. The summed E-state index contributed by atoms with van der Waals surface area (Å²) < 4.78 is 5.30. The van der Waals surface area contributed by atoms with Crippen molar-refractivity contribution in [2.24, 2.45) is 0 Å². The molecule has 1 N–H and O–H groups in total. The van der Waals surface area contributed by atoms with E-state index in [9.17, 15) is 9.59 Å². The van der Waals surface area contributed by atoms with Gasteiger partial charge in [-0.25, -0.2) is 4.79 Å². The molecule has 2 heterocycles. The van der Waals surface area contributed by atoms with Crippen LogP contribution in [0.4, 0.5) is 0 Å². The van der Waals surface area contributed by atoms with Gasteiger partial charge >= 0.3 is 5.97 Å². The molecule has 0 aromatic rings. The summed E-state index contributed by atoms with van der Waals surface area (Å²) in [5, 5.41) is 8.59. The molecule has 7 heteroatoms. The first-order valence-corrected chi connectivity index (χ1v) is 7.56. The van der Waals surface area contributed by atoms with Crippen molar-refractivity contribution in [3.8, 4) is 0 Å². The zero-order valence-corrected chi connectivity index (χ0v) is 12.7. The largest absolute Gasteiger partial charge is 0.480 e. The van der Waals surface area contributed by atoms with Crippen molar-refractivity contribution in [2.45, 2.75) is 18.9 Å². The van der Waals surface area contributed by atoms with Crippen LogP contribution in [0.2, 0.25) is 0 Å². The normalized spacial score (nSPS) is 22.4. The van der Waals surface area contributed by atoms with Gasteiger partial charge in [0.1, 0.15) is 6.61 Å². The summed E-state index contributed by atoms with van der Waals surface area (Å²) in [6, 6.07) is 0. The van der Waals surface area contributed by atoms with E-state index in [1.165, 1.54) is 0 Å². The van der Waals surface area contributed by atoms with Crippen molar-refractivity contribution in [3.63, 3.8) is 0 Å². The summed E-state index contributed by atoms with van der Waals surface area (Å²) in [5.74, 6) is -0.726. The zero-order chi connectivity index (χ0) is 15.2. The van der Waals surface area contributed by atoms with E-state index in [2.05, 4.69) is 16.8 Å². The maximum atomic E-state index is 12.2. The molecule has 0 radical (unpaired) electrons. The van der Waals surface area contributed by atoms with Crippen molar-refractivity contribution in [3.05, 3.63) is 0 Å². The van der Waals surface area contributed by atoms with Gasteiger partial charge in [-0.2, -0.15) is 0 Å². The maximum absolute atomic E-state index is 12.2. The number of rotatable bonds is 5. The fourth-order valence-electron chi connectivity index (χ4n) is 2.77. The third kappa shape index (κ3) is 5.26. The lowest BCUT2D eigenvalue weighted by Gasteiger charge is -2.35. The SMILES string of the molecule is CN1CCN(C(=O)CN2CCC(OCC(=O)O)CC2)CC1. The molecule has 2 aliphatic rings. The lowest BCUT2D eigenvalue weighted by atomic mass is 10.1. The van der Waals surface area contributed by atoms with Crippen molar-refractivity contribution in [1.29, 1.82) is 0 Å². The van der Waals surface area contributed by atoms with Crippen LogP contribution in [0, 0.1) is 0 Å². The maximum Gasteiger partial charge on any atom is 0.329 e. The molecule has 0 spiro atoms. The Hall–Kier alpha value is -1.18. The minimum absolute atomic E-state index is 0.0103. The Kier molecular flexibility index (Phi) is 5.96. The predicted octanol–water partition coefficient (Wildman–Crippen LogP) is -0.674. The van der Waals surface area contributed by atoms with Gasteiger partial charge in [0, 0.05) is 39.3 Å². The van der Waals surface area contributed by atoms with Crippen LogP contribution in [0.1, 0.15) is 12.8 Å². The molecular weight excluding hydrogens is 274 g/mol. The molecule has 21 heavy (non-hydrogen) atoms. The molecule has 0 aromatic heterocycles. The number of piperazine rings is 1. The molecule has 0 atom stereocenters. The van der Waals surface area contributed by atoms with Gasteiger partial charge in [0.15, 0.2) is 0 Å². The molecule has 2 aliphatic heterocycles. The lowest BCUT2D eigenvalue weighted by Crippen LogP contribution is -2.51. The van der Waals surface area contributed by atoms with Crippen LogP contribution in [-0.4, -0.2) is 97.3 Å². The van der Waals surface area contributed by atoms with Crippen LogP contribution in [0.25, 0.3) is 0 Å². The first-order valence-electron chi connectivity index (χ1n) is 7.56. The van der Waals surface area contributed by atoms with E-state index in [0.717, 1.165) is 52.1 Å². The number of hydrogen-bond donors (Lipinski definition) is 1. The van der Waals surface area contributed by atoms with E-state index in [1.807, 2.05) is 4.90 Å². The number of piperidine rings is 1. The lowest BCUT2D eigenvalue weighted by molar-refractivity contribution is -0.145. The quantitative estimate of drug-likeness (QED) is 0.725. The fourth-order valence-corrected chi connectivity index (χ4v) is 2.77. The summed E-state index contributed by atoms with van der Waals surface area (Å²) in [4.78, 5) is 29.0. The molecule has 2 saturated heterocycles. The highest BCUT2D eigenvalue weighted by Gasteiger charge is 2.25. The van der Waals surface area contributed by atoms with Crippen LogP contribution in [-0.2, 0) is 14.3 Å². The third-order valence-corrected chi connectivity index (χ3v) is 4.19. The van der Waals surface area contributed by atoms with E-state index in [4.69, 9.17) is 9.84 Å². The highest BCUT2D eigenvalue weighted by Crippen LogP contribution is 2.14. The average molecular weight is 299 g/mol. The zero-order valence-electron chi connectivity index (χ0n) is 12.7. The molecule has 0 unspecified atom stereocenters. The second-order valence-corrected chi connectivity index (χ2v) is 5.86. The highest BCUT2D eigenvalue weighted by molar-refractivity contribution is 5.78. The summed E-state index contributed by atoms with van der Waals surface area (Å²) in [5.41, 5.74) is 0. The summed E-state index contributed by atoms with van der Waals surface area (Å²) >= 11 is 0. The number of nitrogens with zero attached hydrogens (tertiary/aromatic N) is 3. The molecule has 120 valence electrons. The standard InChI is InChI=1S/C14H25N3O4/c1-15-6-8-17(9-7-15)13(18)10-16-4-2-12(3-5-16)21-11-14(19)20/h12H,2-11H2,1H3,(H,19,20). The Morgan fingerprint density at radius 1 is 1.10 bits per heavy atom. The van der Waals surface area contributed by atoms with Gasteiger partial charge in [-0.1, -0.05) is 0 Å². The number of likely N-dealkylation sites (N-methyl/N-ethyl adjacent to an activating group) is 1. The summed E-state index contributed by atoms with van der Waals surface area (Å²) in [7, 11) is 2.07. The highest BCUT2D eigenvalue weighted by atomic mass is 16.5. The Morgan fingerprint density at radius 3 is 2.29 bits per heavy atom. The number of likely N-dealkylation sites (tertiary alicyclic amines) is 1. The average Bonchev–Trinajstić information content (AvgIpc) is 2.47. The molecule has 0 bridgehead atoms. The second kappa shape index (κ2) is 7.72. The number of carboxylic acids is 1. The van der Waals surface area contributed by atoms with Gasteiger partial charge in [-0.15, -0.1) is 0 Å². The topological polar surface area (TPSA) is 73.3 Å². The van der Waals surface area contributed by atoms with E-state index < -0.39 is 5.97 Å². The van der Waals surface area contributed by atoms with Crippen LogP contribution in [0.15, 0.2) is 0 Å². The minimum Gasteiger partial charge on any atom is -0.480 e. The summed E-state index contributed by atoms with van der Waals surface area (Å²) in [6.07, 6.45) is 1.60. The fraction of sp³-hybridized carbons (Fsp3) is 0.857. The number of carboxylic acid groups (broad SMARTS) is 1. The van der Waals surface area contributed by atoms with Crippen molar-refractivity contribution < 1.29 is 19.4 Å². The number of aliphatic carboxylic acids is 1. The number of amides is 1. The summed E-state index contributed by atoms with van der Waals surface area (Å²) in [6.45, 7) is 5.34. The first kappa shape index (κ1) is 16.2. The van der Waals surface area contributed by atoms with E-state index in [1.54, 1.807) is 0 Å². The Morgan fingerprint density at radius 2 is 1.71 bits per heavy atom. The van der Waals surface area contributed by atoms with Gasteiger partial charge in [0.2, 0.25) is 5.91 Å². The van der Waals surface area contributed by atoms with Crippen molar-refractivity contribution >= 4 is 11.9 Å². The van der Waals surface area contributed by atoms with Gasteiger partial charge in [-0.05, 0) is 19.9 Å². The molecule has 7 nitrogen and oxygen atoms in total. The predicted molar refractivity (Wildman–Crippen MR) is 77.1 cm³/mol. The molecular formula is C14H25N3O4. The third-order valence-electron chi connectivity index (χ3n) is 4.19. The molecule has 2 rings (SSSR count).